The van der Waals surface area contributed by atoms with Crippen molar-refractivity contribution in [2.24, 2.45) is 5.41 Å². The standard InChI is InChI=1S/C21H29NO15/c23-17-30-5-13(34-17)1-22-9-21(10-27-2-14-6-31-18(24)35-14,11-28-3-15-7-32-19(25)36-15)12-29-4-16-8-33-20(26)37-16/h13-16,22H,1-12H2. The van der Waals surface area contributed by atoms with Gasteiger partial charge in [-0.2, -0.15) is 0 Å². The first-order chi connectivity index (χ1) is 17.9. The number of hydrogen-bond donors (Lipinski definition) is 1. The third kappa shape index (κ3) is 8.48. The number of hydrogen-bond acceptors (Lipinski definition) is 16. The molecule has 4 saturated heterocycles. The summed E-state index contributed by atoms with van der Waals surface area (Å²) in [4.78, 5) is 44.8. The molecule has 16 nitrogen and oxygen atoms in total. The van der Waals surface area contributed by atoms with Crippen molar-refractivity contribution < 1.29 is 71.3 Å². The monoisotopic (exact) mass is 535 g/mol. The summed E-state index contributed by atoms with van der Waals surface area (Å²) in [5, 5.41) is 3.22. The summed E-state index contributed by atoms with van der Waals surface area (Å²) in [6.45, 7) is 1.42. The van der Waals surface area contributed by atoms with E-state index < -0.39 is 54.5 Å². The van der Waals surface area contributed by atoms with Gasteiger partial charge in [0.15, 0.2) is 24.4 Å². The molecule has 4 fully saturated rings. The predicted octanol–water partition coefficient (Wildman–Crippen LogP) is -0.246. The summed E-state index contributed by atoms with van der Waals surface area (Å²) < 4.78 is 56.8. The fraction of sp³-hybridized carbons (Fsp3) is 0.810. The van der Waals surface area contributed by atoms with Crippen molar-refractivity contribution in [3.63, 3.8) is 0 Å². The van der Waals surface area contributed by atoms with E-state index in [1.807, 2.05) is 0 Å². The summed E-state index contributed by atoms with van der Waals surface area (Å²) in [7, 11) is 0. The predicted molar refractivity (Wildman–Crippen MR) is 113 cm³/mol. The molecule has 0 aromatic carbocycles. The molecule has 0 aliphatic carbocycles. The van der Waals surface area contributed by atoms with Gasteiger partial charge < -0.3 is 57.4 Å². The molecule has 0 aromatic heterocycles. The maximum absolute atomic E-state index is 11.2. The normalized spacial score (nSPS) is 28.3. The number of carbonyl (C=O) groups excluding carboxylic acids is 4. The molecule has 4 aliphatic heterocycles. The van der Waals surface area contributed by atoms with E-state index in [0.717, 1.165) is 0 Å². The summed E-state index contributed by atoms with van der Waals surface area (Å²) >= 11 is 0. The number of nitrogens with one attached hydrogen (secondary N) is 1. The fourth-order valence-corrected chi connectivity index (χ4v) is 3.80. The van der Waals surface area contributed by atoms with Crippen LogP contribution in [0.1, 0.15) is 0 Å². The van der Waals surface area contributed by atoms with E-state index in [1.165, 1.54) is 0 Å². The van der Waals surface area contributed by atoms with Crippen LogP contribution in [0.5, 0.6) is 0 Å². The lowest BCUT2D eigenvalue weighted by atomic mass is 9.90. The van der Waals surface area contributed by atoms with Crippen molar-refractivity contribution in [3.8, 4) is 0 Å². The van der Waals surface area contributed by atoms with Crippen molar-refractivity contribution in [3.05, 3.63) is 0 Å². The van der Waals surface area contributed by atoms with Crippen molar-refractivity contribution in [1.82, 2.24) is 5.32 Å². The summed E-state index contributed by atoms with van der Waals surface area (Å²) in [5.74, 6) is 0. The number of ether oxygens (including phenoxy) is 11. The van der Waals surface area contributed by atoms with Gasteiger partial charge in [-0.25, -0.2) is 19.2 Å². The molecule has 0 radical (unpaired) electrons. The van der Waals surface area contributed by atoms with E-state index in [1.54, 1.807) is 0 Å². The first kappa shape index (κ1) is 27.0. The summed E-state index contributed by atoms with van der Waals surface area (Å²) in [5.41, 5.74) is -0.820. The zero-order chi connectivity index (χ0) is 26.1. The summed E-state index contributed by atoms with van der Waals surface area (Å²) in [6.07, 6.45) is -5.15. The van der Waals surface area contributed by atoms with Crippen molar-refractivity contribution >= 4 is 24.6 Å². The molecule has 208 valence electrons. The molecule has 0 aromatic rings. The largest absolute Gasteiger partial charge is 0.508 e. The van der Waals surface area contributed by atoms with Gasteiger partial charge in [-0.15, -0.1) is 0 Å². The van der Waals surface area contributed by atoms with Gasteiger partial charge in [0.25, 0.3) is 0 Å². The Hall–Kier alpha value is -3.08. The first-order valence-corrected chi connectivity index (χ1v) is 11.7. The van der Waals surface area contributed by atoms with E-state index in [2.05, 4.69) is 5.32 Å². The third-order valence-corrected chi connectivity index (χ3v) is 5.61. The van der Waals surface area contributed by atoms with E-state index in [9.17, 15) is 19.2 Å². The Balaban J connectivity index is 1.35. The second-order valence-electron chi connectivity index (χ2n) is 8.88. The average Bonchev–Trinajstić information content (AvgIpc) is 3.65. The highest BCUT2D eigenvalue weighted by Gasteiger charge is 2.36. The molecule has 4 heterocycles. The smallest absolute Gasteiger partial charge is 0.430 e. The zero-order valence-electron chi connectivity index (χ0n) is 19.9. The second kappa shape index (κ2) is 12.9. The van der Waals surface area contributed by atoms with Crippen LogP contribution in [0.3, 0.4) is 0 Å². The van der Waals surface area contributed by atoms with Crippen LogP contribution in [-0.2, 0) is 52.1 Å². The number of cyclic esters (lactones) is 8. The van der Waals surface area contributed by atoms with Gasteiger partial charge in [0.2, 0.25) is 0 Å². The van der Waals surface area contributed by atoms with Gasteiger partial charge in [-0.05, 0) is 0 Å². The van der Waals surface area contributed by atoms with E-state index in [0.29, 0.717) is 6.54 Å². The Morgan fingerprint density at radius 3 is 1.27 bits per heavy atom. The minimum absolute atomic E-state index is 0.0731. The SMILES string of the molecule is O=C1OCC(CNCC(COCC2COC(=O)O2)(COCC2COC(=O)O2)COCC2COC(=O)O2)O1. The van der Waals surface area contributed by atoms with Crippen LogP contribution in [0.4, 0.5) is 19.2 Å². The molecule has 0 spiro atoms. The zero-order valence-corrected chi connectivity index (χ0v) is 19.9. The highest BCUT2D eigenvalue weighted by atomic mass is 16.8. The minimum Gasteiger partial charge on any atom is -0.430 e. The molecule has 1 N–H and O–H groups in total. The maximum Gasteiger partial charge on any atom is 0.508 e. The fourth-order valence-electron chi connectivity index (χ4n) is 3.80. The molecule has 0 saturated carbocycles. The summed E-state index contributed by atoms with van der Waals surface area (Å²) in [6, 6.07) is 0. The van der Waals surface area contributed by atoms with E-state index >= 15 is 0 Å². The minimum atomic E-state index is -0.820. The van der Waals surface area contributed by atoms with Crippen LogP contribution >= 0.6 is 0 Å². The third-order valence-electron chi connectivity index (χ3n) is 5.61. The molecule has 16 heteroatoms. The van der Waals surface area contributed by atoms with E-state index in [4.69, 9.17) is 52.1 Å². The number of rotatable bonds is 16. The van der Waals surface area contributed by atoms with Gasteiger partial charge in [0, 0.05) is 13.1 Å². The lowest BCUT2D eigenvalue weighted by Crippen LogP contribution is -2.48. The Labute approximate surface area is 210 Å². The Morgan fingerprint density at radius 2 is 0.946 bits per heavy atom. The highest BCUT2D eigenvalue weighted by Crippen LogP contribution is 2.22. The topological polar surface area (TPSA) is 182 Å². The maximum atomic E-state index is 11.2. The quantitative estimate of drug-likeness (QED) is 0.202. The van der Waals surface area contributed by atoms with Crippen molar-refractivity contribution in [1.29, 1.82) is 0 Å². The first-order valence-electron chi connectivity index (χ1n) is 11.7. The lowest BCUT2D eigenvalue weighted by Gasteiger charge is -2.34. The van der Waals surface area contributed by atoms with Crippen LogP contribution in [0.15, 0.2) is 0 Å². The van der Waals surface area contributed by atoms with Crippen LogP contribution in [0, 0.1) is 5.41 Å². The van der Waals surface area contributed by atoms with E-state index in [-0.39, 0.29) is 72.6 Å². The van der Waals surface area contributed by atoms with Gasteiger partial charge in [-0.3, -0.25) is 0 Å². The lowest BCUT2D eigenvalue weighted by molar-refractivity contribution is -0.0928. The highest BCUT2D eigenvalue weighted by molar-refractivity contribution is 5.62. The molecule has 4 atom stereocenters. The molecular formula is C21H29NO15. The molecule has 37 heavy (non-hydrogen) atoms. The second-order valence-corrected chi connectivity index (χ2v) is 8.88. The Morgan fingerprint density at radius 1 is 0.595 bits per heavy atom. The number of carbonyl (C=O) groups is 4. The van der Waals surface area contributed by atoms with Crippen molar-refractivity contribution in [2.75, 3.05) is 79.2 Å². The van der Waals surface area contributed by atoms with Crippen LogP contribution in [-0.4, -0.2) is 128 Å². The molecular weight excluding hydrogens is 506 g/mol. The van der Waals surface area contributed by atoms with Gasteiger partial charge >= 0.3 is 24.6 Å². The van der Waals surface area contributed by atoms with Gasteiger partial charge in [0.05, 0.1) is 45.1 Å². The Bertz CT molecular complexity index is 688. The average molecular weight is 535 g/mol. The van der Waals surface area contributed by atoms with Crippen LogP contribution in [0.25, 0.3) is 0 Å². The molecule has 0 amide bonds. The van der Waals surface area contributed by atoms with Crippen molar-refractivity contribution in [2.45, 2.75) is 24.4 Å². The molecule has 0 bridgehead atoms. The van der Waals surface area contributed by atoms with Crippen LogP contribution in [0.2, 0.25) is 0 Å². The Kier molecular flexibility index (Phi) is 9.43. The molecule has 4 aliphatic rings. The molecule has 4 unspecified atom stereocenters. The van der Waals surface area contributed by atoms with Crippen LogP contribution < -0.4 is 5.32 Å². The van der Waals surface area contributed by atoms with Gasteiger partial charge in [0.1, 0.15) is 26.4 Å². The molecule has 4 rings (SSSR count). The van der Waals surface area contributed by atoms with Gasteiger partial charge in [-0.1, -0.05) is 0 Å².